The summed E-state index contributed by atoms with van der Waals surface area (Å²) in [5.74, 6) is 0. The van der Waals surface area contributed by atoms with Crippen molar-refractivity contribution in [3.8, 4) is 0 Å². The van der Waals surface area contributed by atoms with Crippen molar-refractivity contribution < 1.29 is 9.53 Å². The molecule has 0 saturated carbocycles. The second-order valence-corrected chi connectivity index (χ2v) is 5.78. The average Bonchev–Trinajstić information content (AvgIpc) is 2.27. The fraction of sp³-hybridized carbons (Fsp3) is 0.438. The third-order valence-corrected chi connectivity index (χ3v) is 2.62. The van der Waals surface area contributed by atoms with Crippen molar-refractivity contribution in [1.29, 1.82) is 0 Å². The first-order valence-corrected chi connectivity index (χ1v) is 6.41. The molecule has 0 radical (unpaired) electrons. The van der Waals surface area contributed by atoms with Crippen molar-refractivity contribution in [3.63, 3.8) is 0 Å². The molecule has 3 nitrogen and oxygen atoms in total. The highest BCUT2D eigenvalue weighted by molar-refractivity contribution is 5.74. The van der Waals surface area contributed by atoms with Crippen LogP contribution in [-0.2, 0) is 4.74 Å². The predicted molar refractivity (Wildman–Crippen MR) is 79.2 cm³/mol. The summed E-state index contributed by atoms with van der Waals surface area (Å²) in [5.41, 5.74) is 3.81. The highest BCUT2D eigenvalue weighted by atomic mass is 16.6. The maximum absolute atomic E-state index is 11.6. The van der Waals surface area contributed by atoms with E-state index in [0.29, 0.717) is 6.54 Å². The van der Waals surface area contributed by atoms with Crippen LogP contribution in [0.15, 0.2) is 24.8 Å². The molecule has 1 N–H and O–H groups in total. The number of carbonyl (C=O) groups excluding carboxylic acids is 1. The van der Waals surface area contributed by atoms with Crippen LogP contribution in [0.2, 0.25) is 0 Å². The minimum atomic E-state index is -0.481. The molecule has 0 bridgehead atoms. The number of rotatable bonds is 3. The van der Waals surface area contributed by atoms with Gasteiger partial charge in [0, 0.05) is 6.54 Å². The summed E-state index contributed by atoms with van der Waals surface area (Å²) in [6, 6.07) is 6.20. The molecule has 1 aromatic carbocycles. The highest BCUT2D eigenvalue weighted by Gasteiger charge is 2.16. The zero-order valence-electron chi connectivity index (χ0n) is 12.5. The Morgan fingerprint density at radius 2 is 1.95 bits per heavy atom. The van der Waals surface area contributed by atoms with Crippen LogP contribution in [0.5, 0.6) is 0 Å². The Morgan fingerprint density at radius 3 is 2.53 bits per heavy atom. The maximum Gasteiger partial charge on any atom is 0.407 e. The van der Waals surface area contributed by atoms with Crippen molar-refractivity contribution >= 4 is 11.7 Å². The van der Waals surface area contributed by atoms with Gasteiger partial charge >= 0.3 is 6.09 Å². The molecule has 1 rings (SSSR count). The van der Waals surface area contributed by atoms with Crippen LogP contribution in [0.4, 0.5) is 4.79 Å². The van der Waals surface area contributed by atoms with Gasteiger partial charge in [-0.05, 0) is 51.3 Å². The lowest BCUT2D eigenvalue weighted by Crippen LogP contribution is -2.33. The van der Waals surface area contributed by atoms with Gasteiger partial charge in [0.05, 0.1) is 0 Å². The zero-order chi connectivity index (χ0) is 14.6. The molecule has 1 aromatic rings. The van der Waals surface area contributed by atoms with Crippen molar-refractivity contribution in [1.82, 2.24) is 5.32 Å². The van der Waals surface area contributed by atoms with E-state index in [2.05, 4.69) is 30.1 Å². The first-order chi connectivity index (χ1) is 8.69. The smallest absolute Gasteiger partial charge is 0.407 e. The molecule has 1 amide bonds. The molecule has 0 atom stereocenters. The Balaban J connectivity index is 2.61. The number of ether oxygens (including phenoxy) is 1. The predicted octanol–water partition coefficient (Wildman–Crippen LogP) is 3.84. The zero-order valence-corrected chi connectivity index (χ0v) is 12.5. The summed E-state index contributed by atoms with van der Waals surface area (Å²) >= 11 is 0. The van der Waals surface area contributed by atoms with Crippen LogP contribution in [0.3, 0.4) is 0 Å². The molecule has 104 valence electrons. The molecule has 0 aliphatic carbocycles. The van der Waals surface area contributed by atoms with Crippen molar-refractivity contribution in [2.75, 3.05) is 6.54 Å². The van der Waals surface area contributed by atoms with Crippen molar-refractivity contribution in [2.45, 2.75) is 40.2 Å². The van der Waals surface area contributed by atoms with Gasteiger partial charge in [-0.15, -0.1) is 0 Å². The summed E-state index contributed by atoms with van der Waals surface area (Å²) in [7, 11) is 0. The third-order valence-electron chi connectivity index (χ3n) is 2.62. The van der Waals surface area contributed by atoms with E-state index in [0.717, 1.165) is 16.7 Å². The quantitative estimate of drug-likeness (QED) is 0.897. The van der Waals surface area contributed by atoms with Gasteiger partial charge in [0.15, 0.2) is 0 Å². The van der Waals surface area contributed by atoms with E-state index >= 15 is 0 Å². The Kier molecular flexibility index (Phi) is 4.76. The van der Waals surface area contributed by atoms with E-state index in [-0.39, 0.29) is 0 Å². The van der Waals surface area contributed by atoms with Crippen LogP contribution < -0.4 is 5.32 Å². The van der Waals surface area contributed by atoms with E-state index in [9.17, 15) is 4.79 Å². The maximum atomic E-state index is 11.6. The SMILES string of the molecule is C=C(CNC(=O)OC(C)(C)C)c1cc(C)ccc1C. The van der Waals surface area contributed by atoms with Crippen molar-refractivity contribution in [2.24, 2.45) is 0 Å². The van der Waals surface area contributed by atoms with Gasteiger partial charge in [0.1, 0.15) is 5.60 Å². The van der Waals surface area contributed by atoms with E-state index in [4.69, 9.17) is 4.74 Å². The Labute approximate surface area is 115 Å². The molecule has 0 saturated heterocycles. The Hall–Kier alpha value is -1.77. The van der Waals surface area contributed by atoms with E-state index in [1.54, 1.807) is 0 Å². The lowest BCUT2D eigenvalue weighted by atomic mass is 9.99. The van der Waals surface area contributed by atoms with Crippen LogP contribution in [0.1, 0.15) is 37.5 Å². The molecular weight excluding hydrogens is 238 g/mol. The highest BCUT2D eigenvalue weighted by Crippen LogP contribution is 2.18. The average molecular weight is 261 g/mol. The summed E-state index contributed by atoms with van der Waals surface area (Å²) < 4.78 is 5.19. The standard InChI is InChI=1S/C16H23NO2/c1-11-7-8-12(2)14(9-11)13(3)10-17-15(18)19-16(4,5)6/h7-9H,3,10H2,1-2,4-6H3,(H,17,18). The molecule has 0 aliphatic heterocycles. The molecule has 0 spiro atoms. The molecule has 0 aliphatic rings. The van der Waals surface area contributed by atoms with Crippen LogP contribution in [0.25, 0.3) is 5.57 Å². The van der Waals surface area contributed by atoms with Crippen molar-refractivity contribution in [3.05, 3.63) is 41.5 Å². The van der Waals surface area contributed by atoms with Gasteiger partial charge < -0.3 is 10.1 Å². The summed E-state index contributed by atoms with van der Waals surface area (Å²) in [5, 5.41) is 2.72. The monoisotopic (exact) mass is 261 g/mol. The number of aryl methyl sites for hydroxylation is 2. The van der Waals surface area contributed by atoms with Gasteiger partial charge in [0.2, 0.25) is 0 Å². The first-order valence-electron chi connectivity index (χ1n) is 6.41. The van der Waals surface area contributed by atoms with E-state index in [1.165, 1.54) is 5.56 Å². The summed E-state index contributed by atoms with van der Waals surface area (Å²) in [4.78, 5) is 11.6. The Morgan fingerprint density at radius 1 is 1.32 bits per heavy atom. The molecule has 3 heteroatoms. The van der Waals surface area contributed by atoms with Crippen LogP contribution in [-0.4, -0.2) is 18.2 Å². The Bertz CT molecular complexity index is 484. The minimum absolute atomic E-state index is 0.388. The third kappa shape index (κ3) is 5.16. The molecule has 0 fully saturated rings. The largest absolute Gasteiger partial charge is 0.444 e. The fourth-order valence-electron chi connectivity index (χ4n) is 1.71. The molecule has 0 heterocycles. The van der Waals surface area contributed by atoms with Gasteiger partial charge in [-0.1, -0.05) is 30.3 Å². The normalized spacial score (nSPS) is 11.0. The number of hydrogen-bond acceptors (Lipinski definition) is 2. The lowest BCUT2D eigenvalue weighted by Gasteiger charge is -2.20. The van der Waals surface area contributed by atoms with Gasteiger partial charge in [-0.2, -0.15) is 0 Å². The first kappa shape index (κ1) is 15.3. The summed E-state index contributed by atoms with van der Waals surface area (Å²) in [6.45, 7) is 14.0. The van der Waals surface area contributed by atoms with Gasteiger partial charge in [0.25, 0.3) is 0 Å². The minimum Gasteiger partial charge on any atom is -0.444 e. The number of nitrogens with one attached hydrogen (secondary N) is 1. The second kappa shape index (κ2) is 5.91. The summed E-state index contributed by atoms with van der Waals surface area (Å²) in [6.07, 6.45) is -0.418. The number of amides is 1. The number of benzene rings is 1. The van der Waals surface area contributed by atoms with Crippen LogP contribution in [0, 0.1) is 13.8 Å². The van der Waals surface area contributed by atoms with E-state index in [1.807, 2.05) is 34.6 Å². The van der Waals surface area contributed by atoms with Gasteiger partial charge in [-0.3, -0.25) is 0 Å². The molecule has 0 unspecified atom stereocenters. The molecular formula is C16H23NO2. The fourth-order valence-corrected chi connectivity index (χ4v) is 1.71. The number of carbonyl (C=O) groups is 1. The van der Waals surface area contributed by atoms with Crippen LogP contribution >= 0.6 is 0 Å². The second-order valence-electron chi connectivity index (χ2n) is 5.78. The topological polar surface area (TPSA) is 38.3 Å². The molecule has 0 aromatic heterocycles. The number of alkyl carbamates (subject to hydrolysis) is 1. The van der Waals surface area contributed by atoms with Gasteiger partial charge in [-0.25, -0.2) is 4.79 Å². The lowest BCUT2D eigenvalue weighted by molar-refractivity contribution is 0.0535. The molecule has 19 heavy (non-hydrogen) atoms. The van der Waals surface area contributed by atoms with E-state index < -0.39 is 11.7 Å². The number of hydrogen-bond donors (Lipinski definition) is 1.